The Bertz CT molecular complexity index is 1550. The molecule has 1 saturated carbocycles. The highest BCUT2D eigenvalue weighted by molar-refractivity contribution is 6.30. The van der Waals surface area contributed by atoms with Gasteiger partial charge in [0.15, 0.2) is 11.2 Å². The number of carbonyl (C=O) groups is 2. The number of amides is 2. The summed E-state index contributed by atoms with van der Waals surface area (Å²) in [5, 5.41) is 36.8. The molecule has 3 aliphatic rings. The first-order valence-corrected chi connectivity index (χ1v) is 14.0. The second-order valence-corrected chi connectivity index (χ2v) is 11.5. The number of urea groups is 1. The van der Waals surface area contributed by atoms with Gasteiger partial charge in [-0.1, -0.05) is 41.9 Å². The molecule has 220 valence electrons. The number of halogens is 2. The minimum Gasteiger partial charge on any atom is -0.478 e. The lowest BCUT2D eigenvalue weighted by molar-refractivity contribution is -0.149. The van der Waals surface area contributed by atoms with Crippen molar-refractivity contribution in [3.63, 3.8) is 0 Å². The van der Waals surface area contributed by atoms with Crippen molar-refractivity contribution in [1.29, 1.82) is 0 Å². The SMILES string of the molecule is COC(=O)C1CN(C(=O)N[C@H]2C[C@@H](c3cccc(F)c3)[C@]3(c4ccc(Cl)cc4)Oc4cc(CO)cc(CO)c4[C@]23O)C1. The van der Waals surface area contributed by atoms with E-state index in [0.717, 1.165) is 0 Å². The Morgan fingerprint density at radius 2 is 1.86 bits per heavy atom. The minimum absolute atomic E-state index is 0.147. The number of hydrogen-bond acceptors (Lipinski definition) is 7. The quantitative estimate of drug-likeness (QED) is 0.321. The number of aliphatic hydroxyl groups excluding tert-OH is 2. The predicted molar refractivity (Wildman–Crippen MR) is 149 cm³/mol. The largest absolute Gasteiger partial charge is 0.478 e. The summed E-state index contributed by atoms with van der Waals surface area (Å²) in [6, 6.07) is 14.5. The molecule has 1 saturated heterocycles. The number of benzene rings is 3. The van der Waals surface area contributed by atoms with Crippen molar-refractivity contribution in [2.45, 2.75) is 42.8 Å². The fourth-order valence-corrected chi connectivity index (χ4v) is 7.01. The summed E-state index contributed by atoms with van der Waals surface area (Å²) >= 11 is 6.23. The third-order valence-electron chi connectivity index (χ3n) is 8.81. The van der Waals surface area contributed by atoms with E-state index >= 15 is 0 Å². The van der Waals surface area contributed by atoms with Crippen LogP contribution < -0.4 is 10.1 Å². The number of methoxy groups -OCH3 is 1. The average molecular weight is 597 g/mol. The Morgan fingerprint density at radius 3 is 2.50 bits per heavy atom. The zero-order chi connectivity index (χ0) is 29.8. The molecule has 1 aliphatic carbocycles. The van der Waals surface area contributed by atoms with Gasteiger partial charge in [-0.05, 0) is 59.0 Å². The molecule has 4 atom stereocenters. The molecule has 0 aromatic heterocycles. The molecule has 2 amide bonds. The molecular weight excluding hydrogens is 567 g/mol. The lowest BCUT2D eigenvalue weighted by Gasteiger charge is -2.43. The summed E-state index contributed by atoms with van der Waals surface area (Å²) in [6.07, 6.45) is 0.147. The molecule has 0 radical (unpaired) electrons. The molecule has 0 bridgehead atoms. The number of rotatable bonds is 6. The first kappa shape index (κ1) is 28.4. The van der Waals surface area contributed by atoms with E-state index in [9.17, 15) is 29.3 Å². The standard InChI is InChI=1S/C31H30ClFN2O7/c1-41-28(38)20-13-35(14-20)29(39)34-26-12-24(18-3-2-4-23(33)11-18)31(21-5-7-22(32)8-6-21)30(26,40)27-19(16-37)9-17(15-36)10-25(27)42-31/h2-11,20,24,26,36-37,40H,12-16H2,1H3,(H,34,39)/t24-,26-,30+,31-/m0/s1. The Labute approximate surface area is 246 Å². The molecule has 9 nitrogen and oxygen atoms in total. The van der Waals surface area contributed by atoms with Crippen molar-refractivity contribution < 1.29 is 38.8 Å². The smallest absolute Gasteiger partial charge is 0.317 e. The van der Waals surface area contributed by atoms with Crippen LogP contribution in [0.25, 0.3) is 0 Å². The van der Waals surface area contributed by atoms with Gasteiger partial charge < -0.3 is 35.0 Å². The highest BCUT2D eigenvalue weighted by atomic mass is 35.5. The fraction of sp³-hybridized carbons (Fsp3) is 0.355. The number of esters is 1. The molecule has 42 heavy (non-hydrogen) atoms. The molecular formula is C31H30ClFN2O7. The fourth-order valence-electron chi connectivity index (χ4n) is 6.88. The van der Waals surface area contributed by atoms with Crippen molar-refractivity contribution in [3.8, 4) is 5.75 Å². The van der Waals surface area contributed by atoms with Gasteiger partial charge in [0.1, 0.15) is 11.6 Å². The summed E-state index contributed by atoms with van der Waals surface area (Å²) in [5.41, 5.74) is -1.42. The number of hydrogen-bond donors (Lipinski definition) is 4. The monoisotopic (exact) mass is 596 g/mol. The average Bonchev–Trinajstić information content (AvgIpc) is 3.36. The Hall–Kier alpha value is -3.70. The van der Waals surface area contributed by atoms with Crippen LogP contribution in [0.5, 0.6) is 5.75 Å². The van der Waals surface area contributed by atoms with Crippen LogP contribution in [0.3, 0.4) is 0 Å². The Morgan fingerprint density at radius 1 is 1.12 bits per heavy atom. The molecule has 4 N–H and O–H groups in total. The van der Waals surface area contributed by atoms with E-state index < -0.39 is 53.5 Å². The molecule has 3 aromatic carbocycles. The van der Waals surface area contributed by atoms with E-state index in [-0.39, 0.29) is 37.4 Å². The van der Waals surface area contributed by atoms with Crippen LogP contribution in [0.1, 0.15) is 40.2 Å². The van der Waals surface area contributed by atoms with Gasteiger partial charge in [-0.25, -0.2) is 9.18 Å². The van der Waals surface area contributed by atoms with Gasteiger partial charge in [0.25, 0.3) is 0 Å². The van der Waals surface area contributed by atoms with Crippen LogP contribution in [0, 0.1) is 11.7 Å². The first-order chi connectivity index (χ1) is 20.2. The lowest BCUT2D eigenvalue weighted by Crippen LogP contribution is -2.61. The Balaban J connectivity index is 1.52. The molecule has 0 unspecified atom stereocenters. The number of nitrogens with zero attached hydrogens (tertiary/aromatic N) is 1. The highest BCUT2D eigenvalue weighted by Gasteiger charge is 2.73. The minimum atomic E-state index is -1.96. The normalized spacial score (nSPS) is 26.2. The lowest BCUT2D eigenvalue weighted by atomic mass is 9.70. The summed E-state index contributed by atoms with van der Waals surface area (Å²) < 4.78 is 26.2. The van der Waals surface area contributed by atoms with E-state index in [2.05, 4.69) is 5.32 Å². The number of likely N-dealkylation sites (tertiary alicyclic amines) is 1. The second kappa shape index (κ2) is 10.5. The number of nitrogens with one attached hydrogen (secondary N) is 1. The third-order valence-corrected chi connectivity index (χ3v) is 9.06. The van der Waals surface area contributed by atoms with Gasteiger partial charge in [-0.2, -0.15) is 0 Å². The number of carbonyl (C=O) groups excluding carboxylic acids is 2. The van der Waals surface area contributed by atoms with Crippen LogP contribution in [-0.2, 0) is 33.9 Å². The molecule has 11 heteroatoms. The second-order valence-electron chi connectivity index (χ2n) is 11.0. The zero-order valence-corrected chi connectivity index (χ0v) is 23.5. The topological polar surface area (TPSA) is 129 Å². The van der Waals surface area contributed by atoms with E-state index in [1.165, 1.54) is 24.1 Å². The van der Waals surface area contributed by atoms with Crippen molar-refractivity contribution in [2.75, 3.05) is 20.2 Å². The predicted octanol–water partition coefficient (Wildman–Crippen LogP) is 3.31. The van der Waals surface area contributed by atoms with Crippen molar-refractivity contribution in [1.82, 2.24) is 10.2 Å². The van der Waals surface area contributed by atoms with Crippen molar-refractivity contribution in [3.05, 3.63) is 99.3 Å². The molecule has 0 spiro atoms. The van der Waals surface area contributed by atoms with Gasteiger partial charge in [0, 0.05) is 29.6 Å². The summed E-state index contributed by atoms with van der Waals surface area (Å²) in [7, 11) is 1.29. The first-order valence-electron chi connectivity index (χ1n) is 13.6. The molecule has 2 aliphatic heterocycles. The van der Waals surface area contributed by atoms with E-state index in [0.29, 0.717) is 27.3 Å². The Kier molecular flexibility index (Phi) is 7.13. The number of aliphatic hydroxyl groups is 3. The maximum Gasteiger partial charge on any atom is 0.317 e. The molecule has 3 aromatic rings. The van der Waals surface area contributed by atoms with Crippen LogP contribution in [0.15, 0.2) is 60.7 Å². The molecule has 2 heterocycles. The van der Waals surface area contributed by atoms with Crippen LogP contribution in [0.4, 0.5) is 9.18 Å². The van der Waals surface area contributed by atoms with E-state index in [1.807, 2.05) is 0 Å². The van der Waals surface area contributed by atoms with E-state index in [1.54, 1.807) is 48.5 Å². The van der Waals surface area contributed by atoms with Gasteiger partial charge in [-0.3, -0.25) is 4.79 Å². The summed E-state index contributed by atoms with van der Waals surface area (Å²) in [4.78, 5) is 26.8. The van der Waals surface area contributed by atoms with Crippen LogP contribution >= 0.6 is 11.6 Å². The molecule has 6 rings (SSSR count). The van der Waals surface area contributed by atoms with Crippen LogP contribution in [-0.4, -0.2) is 58.5 Å². The van der Waals surface area contributed by atoms with Gasteiger partial charge in [-0.15, -0.1) is 0 Å². The zero-order valence-electron chi connectivity index (χ0n) is 22.7. The van der Waals surface area contributed by atoms with Crippen molar-refractivity contribution >= 4 is 23.6 Å². The van der Waals surface area contributed by atoms with Gasteiger partial charge in [0.2, 0.25) is 0 Å². The van der Waals surface area contributed by atoms with E-state index in [4.69, 9.17) is 21.1 Å². The summed E-state index contributed by atoms with van der Waals surface area (Å²) in [6.45, 7) is -0.487. The van der Waals surface area contributed by atoms with Crippen LogP contribution in [0.2, 0.25) is 5.02 Å². The third kappa shape index (κ3) is 4.16. The molecule has 2 fully saturated rings. The highest BCUT2D eigenvalue weighted by Crippen LogP contribution is 2.67. The summed E-state index contributed by atoms with van der Waals surface area (Å²) in [5.74, 6) is -1.76. The van der Waals surface area contributed by atoms with Gasteiger partial charge >= 0.3 is 12.0 Å². The maximum atomic E-state index is 14.6. The number of ether oxygens (including phenoxy) is 2. The van der Waals surface area contributed by atoms with Gasteiger partial charge in [0.05, 0.1) is 32.3 Å². The maximum absolute atomic E-state index is 14.6. The number of fused-ring (bicyclic) bond motifs is 3. The van der Waals surface area contributed by atoms with Crippen molar-refractivity contribution in [2.24, 2.45) is 5.92 Å².